The van der Waals surface area contributed by atoms with Crippen molar-refractivity contribution in [1.82, 2.24) is 5.43 Å². The van der Waals surface area contributed by atoms with Gasteiger partial charge in [-0.1, -0.05) is 26.7 Å². The van der Waals surface area contributed by atoms with Crippen molar-refractivity contribution >= 4 is 12.2 Å². The molecule has 0 fully saturated rings. The van der Waals surface area contributed by atoms with Gasteiger partial charge in [0.2, 0.25) is 0 Å². The van der Waals surface area contributed by atoms with Gasteiger partial charge in [-0.2, -0.15) is 5.10 Å². The van der Waals surface area contributed by atoms with E-state index < -0.39 is 6.03 Å². The van der Waals surface area contributed by atoms with Gasteiger partial charge in [-0.3, -0.25) is 0 Å². The lowest BCUT2D eigenvalue weighted by atomic mass is 10.1. The summed E-state index contributed by atoms with van der Waals surface area (Å²) in [5.41, 5.74) is 6.96. The standard InChI is InChI=1S/C9H19N3O/c1-8(2)6-4-3-5-7-11-12-9(10)13/h7-8H,3-6H2,1-2H3,(H3,10,12,13). The molecule has 0 aromatic heterocycles. The lowest BCUT2D eigenvalue weighted by Crippen LogP contribution is -2.24. The second-order valence-electron chi connectivity index (χ2n) is 3.47. The lowest BCUT2D eigenvalue weighted by Gasteiger charge is -2.01. The van der Waals surface area contributed by atoms with Gasteiger partial charge in [0, 0.05) is 6.21 Å². The Morgan fingerprint density at radius 3 is 2.77 bits per heavy atom. The van der Waals surface area contributed by atoms with Gasteiger partial charge >= 0.3 is 6.03 Å². The smallest absolute Gasteiger partial charge is 0.332 e. The molecule has 0 aromatic carbocycles. The van der Waals surface area contributed by atoms with Gasteiger partial charge in [0.05, 0.1) is 0 Å². The van der Waals surface area contributed by atoms with Crippen LogP contribution in [0.5, 0.6) is 0 Å². The Morgan fingerprint density at radius 1 is 1.54 bits per heavy atom. The molecule has 0 aliphatic heterocycles. The Hall–Kier alpha value is -1.06. The van der Waals surface area contributed by atoms with E-state index in [1.807, 2.05) is 0 Å². The molecule has 0 aliphatic rings. The van der Waals surface area contributed by atoms with Crippen LogP contribution in [0.25, 0.3) is 0 Å². The third kappa shape index (κ3) is 10.9. The number of nitrogens with one attached hydrogen (secondary N) is 1. The van der Waals surface area contributed by atoms with Gasteiger partial charge in [-0.25, -0.2) is 10.2 Å². The highest BCUT2D eigenvalue weighted by atomic mass is 16.2. The zero-order chi connectivity index (χ0) is 10.1. The van der Waals surface area contributed by atoms with E-state index in [2.05, 4.69) is 24.4 Å². The number of carbonyl (C=O) groups is 1. The van der Waals surface area contributed by atoms with Crippen molar-refractivity contribution < 1.29 is 4.79 Å². The van der Waals surface area contributed by atoms with Crippen molar-refractivity contribution in [2.24, 2.45) is 16.8 Å². The first-order chi connectivity index (χ1) is 6.13. The van der Waals surface area contributed by atoms with Crippen LogP contribution in [0.2, 0.25) is 0 Å². The number of urea groups is 1. The Labute approximate surface area is 79.6 Å². The van der Waals surface area contributed by atoms with E-state index in [0.29, 0.717) is 0 Å². The van der Waals surface area contributed by atoms with Crippen LogP contribution in [-0.2, 0) is 0 Å². The molecule has 2 amide bonds. The number of nitrogens with zero attached hydrogens (tertiary/aromatic N) is 1. The predicted molar refractivity (Wildman–Crippen MR) is 54.5 cm³/mol. The van der Waals surface area contributed by atoms with Gasteiger partial charge in [-0.05, 0) is 18.8 Å². The van der Waals surface area contributed by atoms with Crippen LogP contribution in [-0.4, -0.2) is 12.2 Å². The van der Waals surface area contributed by atoms with Crippen molar-refractivity contribution in [2.75, 3.05) is 0 Å². The van der Waals surface area contributed by atoms with Crippen molar-refractivity contribution in [1.29, 1.82) is 0 Å². The van der Waals surface area contributed by atoms with Gasteiger partial charge in [0.1, 0.15) is 0 Å². The van der Waals surface area contributed by atoms with E-state index in [4.69, 9.17) is 5.73 Å². The molecule has 0 aromatic rings. The fourth-order valence-corrected chi connectivity index (χ4v) is 0.962. The van der Waals surface area contributed by atoms with E-state index >= 15 is 0 Å². The second-order valence-corrected chi connectivity index (χ2v) is 3.47. The summed E-state index contributed by atoms with van der Waals surface area (Å²) in [4.78, 5) is 10.2. The number of amides is 2. The molecule has 0 unspecified atom stereocenters. The van der Waals surface area contributed by atoms with Gasteiger partial charge < -0.3 is 5.73 Å². The number of rotatable bonds is 6. The summed E-state index contributed by atoms with van der Waals surface area (Å²) in [6.07, 6.45) is 6.15. The predicted octanol–water partition coefficient (Wildman–Crippen LogP) is 1.86. The van der Waals surface area contributed by atoms with E-state index in [0.717, 1.165) is 18.8 Å². The minimum absolute atomic E-state index is 0.613. The van der Waals surface area contributed by atoms with E-state index in [-0.39, 0.29) is 0 Å². The van der Waals surface area contributed by atoms with Crippen LogP contribution >= 0.6 is 0 Å². The van der Waals surface area contributed by atoms with Crippen molar-refractivity contribution in [3.8, 4) is 0 Å². The molecule has 0 rings (SSSR count). The maximum absolute atomic E-state index is 10.2. The summed E-state index contributed by atoms with van der Waals surface area (Å²) in [5.74, 6) is 0.765. The summed E-state index contributed by atoms with van der Waals surface area (Å²) in [6, 6.07) is -0.613. The average Bonchev–Trinajstić information content (AvgIpc) is 2.01. The average molecular weight is 185 g/mol. The third-order valence-corrected chi connectivity index (χ3v) is 1.63. The SMILES string of the molecule is CC(C)CCCCC=NNC(N)=O. The minimum Gasteiger partial charge on any atom is -0.350 e. The summed E-state index contributed by atoms with van der Waals surface area (Å²) < 4.78 is 0. The van der Waals surface area contributed by atoms with Crippen LogP contribution in [0.3, 0.4) is 0 Å². The summed E-state index contributed by atoms with van der Waals surface area (Å²) >= 11 is 0. The summed E-state index contributed by atoms with van der Waals surface area (Å²) in [7, 11) is 0. The fraction of sp³-hybridized carbons (Fsp3) is 0.778. The van der Waals surface area contributed by atoms with Gasteiger partial charge in [0.15, 0.2) is 0 Å². The van der Waals surface area contributed by atoms with Crippen LogP contribution in [0.15, 0.2) is 5.10 Å². The molecular weight excluding hydrogens is 166 g/mol. The summed E-state index contributed by atoms with van der Waals surface area (Å²) in [5, 5.41) is 3.64. The molecule has 0 bridgehead atoms. The minimum atomic E-state index is -0.613. The topological polar surface area (TPSA) is 67.5 Å². The van der Waals surface area contributed by atoms with E-state index in [1.165, 1.54) is 12.8 Å². The highest BCUT2D eigenvalue weighted by Crippen LogP contribution is 2.06. The number of hydrogen-bond acceptors (Lipinski definition) is 2. The zero-order valence-electron chi connectivity index (χ0n) is 8.42. The molecule has 0 radical (unpaired) electrons. The zero-order valence-corrected chi connectivity index (χ0v) is 8.42. The first-order valence-electron chi connectivity index (χ1n) is 4.70. The number of hydrazone groups is 1. The molecule has 0 atom stereocenters. The normalized spacial score (nSPS) is 11.0. The highest BCUT2D eigenvalue weighted by Gasteiger charge is 1.92. The molecule has 0 saturated carbocycles. The van der Waals surface area contributed by atoms with Gasteiger partial charge in [-0.15, -0.1) is 0 Å². The number of nitrogens with two attached hydrogens (primary N) is 1. The fourth-order valence-electron chi connectivity index (χ4n) is 0.962. The third-order valence-electron chi connectivity index (χ3n) is 1.63. The number of hydrogen-bond donors (Lipinski definition) is 2. The number of unbranched alkanes of at least 4 members (excludes halogenated alkanes) is 2. The van der Waals surface area contributed by atoms with E-state index in [9.17, 15) is 4.79 Å². The number of carbonyl (C=O) groups excluding carboxylic acids is 1. The monoisotopic (exact) mass is 185 g/mol. The highest BCUT2D eigenvalue weighted by molar-refractivity contribution is 5.72. The van der Waals surface area contributed by atoms with Crippen molar-refractivity contribution in [3.05, 3.63) is 0 Å². The molecule has 0 spiro atoms. The quantitative estimate of drug-likeness (QED) is 0.370. The second kappa shape index (κ2) is 7.58. The number of primary amides is 1. The molecule has 0 heterocycles. The molecule has 0 aliphatic carbocycles. The first kappa shape index (κ1) is 11.9. The molecule has 4 heteroatoms. The molecule has 3 N–H and O–H groups in total. The molecular formula is C9H19N3O. The van der Waals surface area contributed by atoms with Crippen LogP contribution < -0.4 is 11.2 Å². The Morgan fingerprint density at radius 2 is 2.23 bits per heavy atom. The molecule has 4 nitrogen and oxygen atoms in total. The molecule has 13 heavy (non-hydrogen) atoms. The largest absolute Gasteiger partial charge is 0.350 e. The molecule has 0 saturated heterocycles. The Kier molecular flexibility index (Phi) is 6.96. The van der Waals surface area contributed by atoms with E-state index in [1.54, 1.807) is 6.21 Å². The molecule has 76 valence electrons. The van der Waals surface area contributed by atoms with Crippen molar-refractivity contribution in [2.45, 2.75) is 39.5 Å². The Balaban J connectivity index is 3.16. The maximum atomic E-state index is 10.2. The summed E-state index contributed by atoms with van der Waals surface area (Å²) in [6.45, 7) is 4.42. The first-order valence-corrected chi connectivity index (χ1v) is 4.70. The lowest BCUT2D eigenvalue weighted by molar-refractivity contribution is 0.249. The van der Waals surface area contributed by atoms with Crippen LogP contribution in [0.1, 0.15) is 39.5 Å². The van der Waals surface area contributed by atoms with Crippen molar-refractivity contribution in [3.63, 3.8) is 0 Å². The van der Waals surface area contributed by atoms with Gasteiger partial charge in [0.25, 0.3) is 0 Å². The van der Waals surface area contributed by atoms with Crippen LogP contribution in [0.4, 0.5) is 4.79 Å². The Bertz CT molecular complexity index is 166. The maximum Gasteiger partial charge on any atom is 0.332 e. The van der Waals surface area contributed by atoms with Crippen LogP contribution in [0, 0.1) is 5.92 Å².